The van der Waals surface area contributed by atoms with Crippen LogP contribution in [0, 0.1) is 0 Å². The third-order valence-electron chi connectivity index (χ3n) is 3.82. The van der Waals surface area contributed by atoms with E-state index in [0.717, 1.165) is 49.2 Å². The van der Waals surface area contributed by atoms with Crippen LogP contribution in [-0.2, 0) is 11.3 Å². The SMILES string of the molecule is CCNC(=NCc1cn2ccsc2n1)NCC1(C)CCCO1.I. The first-order valence-corrected chi connectivity index (χ1v) is 8.64. The third-order valence-corrected chi connectivity index (χ3v) is 4.59. The fraction of sp³-hybridized carbons (Fsp3) is 0.600. The number of aromatic nitrogens is 2. The molecule has 0 saturated carbocycles. The Morgan fingerprint density at radius 3 is 3.09 bits per heavy atom. The summed E-state index contributed by atoms with van der Waals surface area (Å²) in [6.07, 6.45) is 6.27. The van der Waals surface area contributed by atoms with E-state index in [4.69, 9.17) is 4.74 Å². The molecule has 0 aromatic carbocycles. The summed E-state index contributed by atoms with van der Waals surface area (Å²) in [6, 6.07) is 0. The molecule has 1 saturated heterocycles. The molecule has 1 atom stereocenters. The first-order valence-electron chi connectivity index (χ1n) is 7.76. The highest BCUT2D eigenvalue weighted by Crippen LogP contribution is 2.23. The lowest BCUT2D eigenvalue weighted by atomic mass is 10.0. The fourth-order valence-electron chi connectivity index (χ4n) is 2.60. The summed E-state index contributed by atoms with van der Waals surface area (Å²) in [4.78, 5) is 10.2. The topological polar surface area (TPSA) is 63.0 Å². The maximum absolute atomic E-state index is 5.80. The zero-order valence-electron chi connectivity index (χ0n) is 13.5. The molecule has 0 spiro atoms. The van der Waals surface area contributed by atoms with E-state index < -0.39 is 0 Å². The molecule has 1 aliphatic heterocycles. The molecule has 3 rings (SSSR count). The molecule has 23 heavy (non-hydrogen) atoms. The molecule has 2 N–H and O–H groups in total. The number of hydrogen-bond donors (Lipinski definition) is 2. The zero-order chi connectivity index (χ0) is 15.4. The van der Waals surface area contributed by atoms with E-state index in [9.17, 15) is 0 Å². The van der Waals surface area contributed by atoms with Gasteiger partial charge < -0.3 is 15.4 Å². The van der Waals surface area contributed by atoms with Gasteiger partial charge in [0.1, 0.15) is 0 Å². The zero-order valence-corrected chi connectivity index (χ0v) is 16.7. The fourth-order valence-corrected chi connectivity index (χ4v) is 3.32. The van der Waals surface area contributed by atoms with E-state index >= 15 is 0 Å². The van der Waals surface area contributed by atoms with Gasteiger partial charge in [0.2, 0.25) is 0 Å². The maximum atomic E-state index is 5.80. The molecule has 0 bridgehead atoms. The van der Waals surface area contributed by atoms with Gasteiger partial charge in [0.15, 0.2) is 10.9 Å². The van der Waals surface area contributed by atoms with Crippen molar-refractivity contribution in [2.45, 2.75) is 38.8 Å². The van der Waals surface area contributed by atoms with Crippen LogP contribution in [0.5, 0.6) is 0 Å². The predicted molar refractivity (Wildman–Crippen MR) is 105 cm³/mol. The molecule has 1 fully saturated rings. The minimum absolute atomic E-state index is 0. The molecule has 2 aromatic rings. The monoisotopic (exact) mass is 449 g/mol. The van der Waals surface area contributed by atoms with E-state index in [1.165, 1.54) is 0 Å². The van der Waals surface area contributed by atoms with Crippen LogP contribution >= 0.6 is 35.3 Å². The van der Waals surface area contributed by atoms with Gasteiger partial charge >= 0.3 is 0 Å². The van der Waals surface area contributed by atoms with Crippen LogP contribution in [0.4, 0.5) is 0 Å². The van der Waals surface area contributed by atoms with E-state index in [1.807, 2.05) is 22.2 Å². The van der Waals surface area contributed by atoms with Crippen LogP contribution in [0.3, 0.4) is 0 Å². The smallest absolute Gasteiger partial charge is 0.193 e. The number of imidazole rings is 1. The van der Waals surface area contributed by atoms with Crippen molar-refractivity contribution in [3.63, 3.8) is 0 Å². The lowest BCUT2D eigenvalue weighted by Gasteiger charge is -2.24. The first kappa shape index (κ1) is 18.5. The largest absolute Gasteiger partial charge is 0.373 e. The summed E-state index contributed by atoms with van der Waals surface area (Å²) in [5.41, 5.74) is 0.903. The molecule has 0 radical (unpaired) electrons. The van der Waals surface area contributed by atoms with Crippen molar-refractivity contribution in [1.82, 2.24) is 20.0 Å². The average Bonchev–Trinajstić information content (AvgIpc) is 3.18. The number of rotatable bonds is 5. The van der Waals surface area contributed by atoms with Crippen molar-refractivity contribution in [2.24, 2.45) is 4.99 Å². The molecule has 1 unspecified atom stereocenters. The molecule has 128 valence electrons. The molecule has 0 amide bonds. The number of aliphatic imine (C=N–C) groups is 1. The summed E-state index contributed by atoms with van der Waals surface area (Å²) in [7, 11) is 0. The number of hydrogen-bond acceptors (Lipinski definition) is 4. The number of nitrogens with zero attached hydrogens (tertiary/aromatic N) is 3. The van der Waals surface area contributed by atoms with Crippen molar-refractivity contribution in [3.8, 4) is 0 Å². The molecular formula is C15H24IN5OS. The summed E-state index contributed by atoms with van der Waals surface area (Å²) in [5.74, 6) is 0.815. The van der Waals surface area contributed by atoms with Crippen molar-refractivity contribution in [1.29, 1.82) is 0 Å². The highest BCUT2D eigenvalue weighted by atomic mass is 127. The van der Waals surface area contributed by atoms with Crippen LogP contribution in [0.25, 0.3) is 4.96 Å². The van der Waals surface area contributed by atoms with Crippen LogP contribution in [0.15, 0.2) is 22.8 Å². The predicted octanol–water partition coefficient (Wildman–Crippen LogP) is 2.64. The minimum Gasteiger partial charge on any atom is -0.373 e. The molecule has 3 heterocycles. The van der Waals surface area contributed by atoms with Gasteiger partial charge in [0.05, 0.1) is 17.8 Å². The Kier molecular flexibility index (Phi) is 6.66. The normalized spacial score (nSPS) is 21.4. The van der Waals surface area contributed by atoms with E-state index in [-0.39, 0.29) is 29.6 Å². The summed E-state index contributed by atoms with van der Waals surface area (Å²) >= 11 is 1.63. The molecule has 8 heteroatoms. The van der Waals surface area contributed by atoms with Gasteiger partial charge in [0.25, 0.3) is 0 Å². The van der Waals surface area contributed by atoms with Crippen LogP contribution in [-0.4, -0.2) is 40.6 Å². The van der Waals surface area contributed by atoms with Crippen LogP contribution in [0.1, 0.15) is 32.4 Å². The van der Waals surface area contributed by atoms with Gasteiger partial charge in [-0.2, -0.15) is 0 Å². The molecule has 2 aromatic heterocycles. The van der Waals surface area contributed by atoms with Crippen molar-refractivity contribution in [3.05, 3.63) is 23.5 Å². The lowest BCUT2D eigenvalue weighted by molar-refractivity contribution is 0.0243. The highest BCUT2D eigenvalue weighted by Gasteiger charge is 2.29. The van der Waals surface area contributed by atoms with Gasteiger partial charge in [-0.05, 0) is 26.7 Å². The Labute approximate surface area is 157 Å². The van der Waals surface area contributed by atoms with E-state index in [1.54, 1.807) is 11.3 Å². The average molecular weight is 449 g/mol. The van der Waals surface area contributed by atoms with Crippen LogP contribution in [0.2, 0.25) is 0 Å². The lowest BCUT2D eigenvalue weighted by Crippen LogP contribution is -2.45. The number of nitrogens with one attached hydrogen (secondary N) is 2. The standard InChI is InChI=1S/C15H23N5OS.HI/c1-3-16-13(18-11-15(2)5-4-7-21-15)17-9-12-10-20-6-8-22-14(20)19-12;/h6,8,10H,3-5,7,9,11H2,1-2H3,(H2,16,17,18);1H. The van der Waals surface area contributed by atoms with Gasteiger partial charge in [-0.3, -0.25) is 4.40 Å². The van der Waals surface area contributed by atoms with Gasteiger partial charge in [-0.15, -0.1) is 35.3 Å². The Bertz CT molecular complexity index is 619. The van der Waals surface area contributed by atoms with Crippen LogP contribution < -0.4 is 10.6 Å². The Morgan fingerprint density at radius 2 is 2.39 bits per heavy atom. The number of halogens is 1. The molecular weight excluding hydrogens is 425 g/mol. The summed E-state index contributed by atoms with van der Waals surface area (Å²) in [5, 5.41) is 8.69. The van der Waals surface area contributed by atoms with Gasteiger partial charge in [-0.1, -0.05) is 0 Å². The summed E-state index contributed by atoms with van der Waals surface area (Å²) in [6.45, 7) is 7.26. The molecule has 0 aliphatic carbocycles. The number of ether oxygens (including phenoxy) is 1. The Morgan fingerprint density at radius 1 is 1.52 bits per heavy atom. The van der Waals surface area contributed by atoms with Gasteiger partial charge in [0, 0.05) is 37.5 Å². The number of fused-ring (bicyclic) bond motifs is 1. The maximum Gasteiger partial charge on any atom is 0.193 e. The molecule has 1 aliphatic rings. The van der Waals surface area contributed by atoms with E-state index in [2.05, 4.69) is 34.5 Å². The first-order chi connectivity index (χ1) is 10.7. The van der Waals surface area contributed by atoms with Crippen molar-refractivity contribution >= 4 is 46.2 Å². The quantitative estimate of drug-likeness (QED) is 0.419. The van der Waals surface area contributed by atoms with Gasteiger partial charge in [-0.25, -0.2) is 9.98 Å². The Balaban J connectivity index is 0.00000192. The number of thiazole rings is 1. The summed E-state index contributed by atoms with van der Waals surface area (Å²) < 4.78 is 7.83. The van der Waals surface area contributed by atoms with Crippen molar-refractivity contribution < 1.29 is 4.74 Å². The molecule has 6 nitrogen and oxygen atoms in total. The van der Waals surface area contributed by atoms with Crippen molar-refractivity contribution in [2.75, 3.05) is 19.7 Å². The second-order valence-corrected chi connectivity index (χ2v) is 6.65. The Hall–Kier alpha value is -0.870. The second kappa shape index (κ2) is 8.29. The minimum atomic E-state index is -0.0762. The third kappa shape index (κ3) is 4.80. The second-order valence-electron chi connectivity index (χ2n) is 5.78. The highest BCUT2D eigenvalue weighted by molar-refractivity contribution is 14.0. The number of guanidine groups is 1. The van der Waals surface area contributed by atoms with E-state index in [0.29, 0.717) is 6.54 Å².